The Labute approximate surface area is 310 Å². The van der Waals surface area contributed by atoms with E-state index in [1.807, 2.05) is 26.4 Å². The highest BCUT2D eigenvalue weighted by Crippen LogP contribution is 2.25. The molecule has 50 heavy (non-hydrogen) atoms. The monoisotopic (exact) mass is 697 g/mol. The lowest BCUT2D eigenvalue weighted by atomic mass is 9.96. The number of hydrogen-bond acceptors (Lipinski definition) is 4. The van der Waals surface area contributed by atoms with Gasteiger partial charge in [0.15, 0.2) is 0 Å². The number of benzene rings is 2. The summed E-state index contributed by atoms with van der Waals surface area (Å²) in [6.07, 6.45) is 17.3. The summed E-state index contributed by atoms with van der Waals surface area (Å²) in [5, 5.41) is 1.21. The second-order valence-electron chi connectivity index (χ2n) is 15.0. The Bertz CT molecular complexity index is 1620. The van der Waals surface area contributed by atoms with Gasteiger partial charge in [0.05, 0.1) is 25.2 Å². The molecule has 272 valence electrons. The lowest BCUT2D eigenvalue weighted by Gasteiger charge is -2.28. The molecule has 0 bridgehead atoms. The van der Waals surface area contributed by atoms with E-state index in [0.717, 1.165) is 31.0 Å². The van der Waals surface area contributed by atoms with Crippen molar-refractivity contribution in [3.05, 3.63) is 121 Å². The summed E-state index contributed by atoms with van der Waals surface area (Å²) in [4.78, 5) is 7.17. The van der Waals surface area contributed by atoms with Gasteiger partial charge in [0.25, 0.3) is 0 Å². The average molecular weight is 697 g/mol. The summed E-state index contributed by atoms with van der Waals surface area (Å²) < 4.78 is 4.78. The lowest BCUT2D eigenvalue weighted by Crippen LogP contribution is -2.49. The molecule has 0 amide bonds. The third-order valence-electron chi connectivity index (χ3n) is 7.52. The van der Waals surface area contributed by atoms with Crippen LogP contribution in [0.5, 0.6) is 0 Å². The summed E-state index contributed by atoms with van der Waals surface area (Å²) >= 11 is 1.75. The van der Waals surface area contributed by atoms with Crippen LogP contribution in [-0.4, -0.2) is 55.7 Å². The van der Waals surface area contributed by atoms with Crippen molar-refractivity contribution in [2.75, 3.05) is 56.0 Å². The molecule has 0 aliphatic carbocycles. The van der Waals surface area contributed by atoms with Crippen molar-refractivity contribution in [3.63, 3.8) is 0 Å². The molecule has 0 saturated carbocycles. The molecule has 0 atom stereocenters. The van der Waals surface area contributed by atoms with Gasteiger partial charge in [-0.25, -0.2) is 9.13 Å². The minimum atomic E-state index is 0.146. The molecule has 0 spiro atoms. The van der Waals surface area contributed by atoms with Gasteiger partial charge in [-0.3, -0.25) is 4.90 Å². The van der Waals surface area contributed by atoms with E-state index in [9.17, 15) is 0 Å². The van der Waals surface area contributed by atoms with Crippen LogP contribution in [0.1, 0.15) is 62.3 Å². The number of pyridine rings is 1. The molecule has 4 aromatic rings. The zero-order valence-electron chi connectivity index (χ0n) is 33.4. The molecule has 2 aromatic carbocycles. The van der Waals surface area contributed by atoms with E-state index in [2.05, 4.69) is 202 Å². The normalized spacial score (nSPS) is 12.2. The Balaban J connectivity index is 0.00000164. The van der Waals surface area contributed by atoms with Gasteiger partial charge in [-0.1, -0.05) is 110 Å². The first-order valence-corrected chi connectivity index (χ1v) is 19.6. The van der Waals surface area contributed by atoms with Crippen molar-refractivity contribution in [2.24, 2.45) is 10.8 Å². The molecular formula is C44H66N5S+. The van der Waals surface area contributed by atoms with Crippen molar-refractivity contribution < 1.29 is 4.57 Å². The third-order valence-corrected chi connectivity index (χ3v) is 7.52. The van der Waals surface area contributed by atoms with Crippen LogP contribution < -0.4 is 14.4 Å². The smallest absolute Gasteiger partial charge is 0.242 e. The van der Waals surface area contributed by atoms with E-state index in [0.29, 0.717) is 6.67 Å². The van der Waals surface area contributed by atoms with Crippen LogP contribution in [0.15, 0.2) is 121 Å². The van der Waals surface area contributed by atoms with E-state index in [-0.39, 0.29) is 10.8 Å². The number of para-hydroxylation sites is 2. The van der Waals surface area contributed by atoms with Gasteiger partial charge in [0, 0.05) is 31.0 Å². The molecule has 2 heterocycles. The fourth-order valence-corrected chi connectivity index (χ4v) is 6.01. The van der Waals surface area contributed by atoms with Gasteiger partial charge in [-0.15, -0.1) is 0 Å². The molecule has 0 radical (unpaired) electrons. The molecule has 0 saturated heterocycles. The van der Waals surface area contributed by atoms with Crippen molar-refractivity contribution >= 4 is 34.3 Å². The molecule has 0 N–H and O–H groups in total. The quantitative estimate of drug-likeness (QED) is 0.108. The molecule has 0 unspecified atom stereocenters. The average Bonchev–Trinajstić information content (AvgIpc) is 3.50. The highest BCUT2D eigenvalue weighted by molar-refractivity contribution is 7.97. The summed E-state index contributed by atoms with van der Waals surface area (Å²) in [6, 6.07) is 28.1. The van der Waals surface area contributed by atoms with E-state index in [1.165, 1.54) is 22.4 Å². The van der Waals surface area contributed by atoms with Crippen LogP contribution in [0.4, 0.5) is 11.5 Å². The van der Waals surface area contributed by atoms with Gasteiger partial charge in [0.2, 0.25) is 11.5 Å². The topological polar surface area (TPSA) is 18.5 Å². The van der Waals surface area contributed by atoms with Crippen LogP contribution in [-0.2, 0) is 6.67 Å². The van der Waals surface area contributed by atoms with Gasteiger partial charge in [-0.2, -0.15) is 11.8 Å². The van der Waals surface area contributed by atoms with Gasteiger partial charge in [-0.05, 0) is 85.4 Å². The predicted octanol–water partition coefficient (Wildman–Crippen LogP) is 10.9. The predicted molar refractivity (Wildman–Crippen MR) is 225 cm³/mol. The molecule has 4 rings (SSSR count). The van der Waals surface area contributed by atoms with Crippen LogP contribution >= 0.6 is 11.8 Å². The number of likely N-dealkylation sites (N-methyl/N-ethyl adjacent to an activating group) is 1. The Morgan fingerprint density at radius 2 is 1.38 bits per heavy atom. The number of anilines is 2. The van der Waals surface area contributed by atoms with Gasteiger partial charge >= 0.3 is 0 Å². The number of hydrogen-bond donors (Lipinski definition) is 0. The first-order valence-electron chi connectivity index (χ1n) is 18.0. The van der Waals surface area contributed by atoms with Crippen molar-refractivity contribution in [1.29, 1.82) is 0 Å². The third kappa shape index (κ3) is 13.9. The Hall–Kier alpha value is -3.74. The molecular weight excluding hydrogens is 631 g/mol. The number of thioether (sulfide) groups is 1. The second kappa shape index (κ2) is 20.8. The van der Waals surface area contributed by atoms with E-state index < -0.39 is 0 Å². The van der Waals surface area contributed by atoms with Crippen molar-refractivity contribution in [1.82, 2.24) is 9.47 Å². The van der Waals surface area contributed by atoms with E-state index in [4.69, 9.17) is 0 Å². The fraction of sp³-hybridized carbons (Fsp3) is 0.432. The Morgan fingerprint density at radius 1 is 0.800 bits per heavy atom. The molecule has 0 aliphatic heterocycles. The number of aromatic nitrogens is 2. The summed E-state index contributed by atoms with van der Waals surface area (Å²) in [5.74, 6) is 1.18. The minimum absolute atomic E-state index is 0.146. The van der Waals surface area contributed by atoms with Crippen LogP contribution in [0.2, 0.25) is 0 Å². The highest BCUT2D eigenvalue weighted by Gasteiger charge is 2.25. The SMILES string of the molecule is CC.CSC.C\C=C/C=C(/C=C\N(C[n+]1c(N(C)CC(C)(C)C)ccc2ccn(-c3ccccc3)c21)c1ccccc1)CN(C)CC(C)(C)C. The number of rotatable bonds is 12. The first-order chi connectivity index (χ1) is 23.8. The van der Waals surface area contributed by atoms with E-state index in [1.54, 1.807) is 11.8 Å². The zero-order valence-corrected chi connectivity index (χ0v) is 34.3. The maximum Gasteiger partial charge on any atom is 0.242 e. The first kappa shape index (κ1) is 42.4. The van der Waals surface area contributed by atoms with Gasteiger partial charge in [0.1, 0.15) is 12.4 Å². The van der Waals surface area contributed by atoms with Crippen molar-refractivity contribution in [2.45, 2.75) is 69.0 Å². The fourth-order valence-electron chi connectivity index (χ4n) is 6.01. The molecule has 0 aliphatic rings. The summed E-state index contributed by atoms with van der Waals surface area (Å²) in [7, 11) is 4.42. The minimum Gasteiger partial charge on any atom is -0.317 e. The molecule has 2 aromatic heterocycles. The number of allylic oxidation sites excluding steroid dienone is 3. The number of nitrogens with zero attached hydrogens (tertiary/aromatic N) is 5. The Morgan fingerprint density at radius 3 is 1.94 bits per heavy atom. The summed E-state index contributed by atoms with van der Waals surface area (Å²) in [5.41, 5.74) is 5.11. The largest absolute Gasteiger partial charge is 0.317 e. The van der Waals surface area contributed by atoms with Crippen molar-refractivity contribution in [3.8, 4) is 5.69 Å². The molecule has 5 nitrogen and oxygen atoms in total. The molecule has 6 heteroatoms. The summed E-state index contributed by atoms with van der Waals surface area (Å²) in [6.45, 7) is 23.3. The standard InChI is InChI=1S/C40H54N5.C2H6S.C2H6/c1-10-11-18-33(29-41(8)30-39(2,3)4)25-27-43(35-19-14-12-15-20-35)32-45-37(42(9)31-40(5,6)7)24-23-34-26-28-44(38(34)45)36-21-16-13-17-22-36;1-3-2;1-2/h10-28H,29-32H2,1-9H3;1-2H3;1-2H3/q+1;;/b11-10-,27-25-,33-18-;;. The van der Waals surface area contributed by atoms with Crippen LogP contribution in [0.25, 0.3) is 16.7 Å². The van der Waals surface area contributed by atoms with Crippen LogP contribution in [0.3, 0.4) is 0 Å². The Kier molecular flexibility index (Phi) is 17.7. The van der Waals surface area contributed by atoms with Gasteiger partial charge < -0.3 is 9.80 Å². The van der Waals surface area contributed by atoms with Crippen LogP contribution in [0, 0.1) is 10.8 Å². The second-order valence-corrected chi connectivity index (χ2v) is 15.8. The highest BCUT2D eigenvalue weighted by atomic mass is 32.2. The lowest BCUT2D eigenvalue weighted by molar-refractivity contribution is -0.659. The number of fused-ring (bicyclic) bond motifs is 1. The maximum absolute atomic E-state index is 2.46. The maximum atomic E-state index is 2.46. The molecule has 0 fully saturated rings. The van der Waals surface area contributed by atoms with E-state index >= 15 is 0 Å². The zero-order chi connectivity index (χ0) is 37.3.